The van der Waals surface area contributed by atoms with Gasteiger partial charge in [0.2, 0.25) is 0 Å². The molecule has 0 bridgehead atoms. The number of halogens is 1. The van der Waals surface area contributed by atoms with Crippen LogP contribution in [0.4, 0.5) is 0 Å². The Morgan fingerprint density at radius 3 is 2.33 bits per heavy atom. The van der Waals surface area contributed by atoms with E-state index in [-0.39, 0.29) is 24.0 Å². The van der Waals surface area contributed by atoms with Gasteiger partial charge in [-0.1, -0.05) is 12.1 Å². The third-order valence-electron chi connectivity index (χ3n) is 3.97. The number of nitrogens with one attached hydrogen (secondary N) is 2. The molecule has 0 aliphatic heterocycles. The molecule has 9 heteroatoms. The molecule has 0 amide bonds. The lowest BCUT2D eigenvalue weighted by atomic mass is 10.1. The van der Waals surface area contributed by atoms with Crippen LogP contribution in [0.1, 0.15) is 17.5 Å². The van der Waals surface area contributed by atoms with Crippen molar-refractivity contribution in [3.8, 4) is 0 Å². The number of aromatic nitrogens is 2. The van der Waals surface area contributed by atoms with Crippen LogP contribution in [-0.2, 0) is 29.7 Å². The second-order valence-electron chi connectivity index (χ2n) is 6.22. The Morgan fingerprint density at radius 1 is 1.11 bits per heavy atom. The van der Waals surface area contributed by atoms with Crippen LogP contribution in [0.2, 0.25) is 0 Å². The fraction of sp³-hybridized carbons (Fsp3) is 0.444. The monoisotopic (exact) mass is 505 g/mol. The van der Waals surface area contributed by atoms with E-state index in [1.807, 2.05) is 36.3 Å². The summed E-state index contributed by atoms with van der Waals surface area (Å²) in [6.07, 6.45) is 7.90. The van der Waals surface area contributed by atoms with Crippen LogP contribution in [0.25, 0.3) is 0 Å². The summed E-state index contributed by atoms with van der Waals surface area (Å²) in [6, 6.07) is 7.00. The number of hydrogen-bond acceptors (Lipinski definition) is 4. The van der Waals surface area contributed by atoms with Gasteiger partial charge in [-0.05, 0) is 42.5 Å². The van der Waals surface area contributed by atoms with Crippen LogP contribution < -0.4 is 10.6 Å². The zero-order valence-corrected chi connectivity index (χ0v) is 19.1. The van der Waals surface area contributed by atoms with E-state index in [4.69, 9.17) is 0 Å². The minimum Gasteiger partial charge on any atom is -0.356 e. The Bertz CT molecular complexity index is 832. The Hall–Kier alpha value is -1.62. The summed E-state index contributed by atoms with van der Waals surface area (Å²) in [5.41, 5.74) is 2.31. The topological polar surface area (TPSA) is 88.4 Å². The van der Waals surface area contributed by atoms with Crippen LogP contribution >= 0.6 is 24.0 Å². The minimum atomic E-state index is -3.14. The predicted octanol–water partition coefficient (Wildman–Crippen LogP) is 1.78. The van der Waals surface area contributed by atoms with Crippen molar-refractivity contribution in [1.82, 2.24) is 20.4 Å². The number of hydrogen-bond donors (Lipinski definition) is 2. The first-order valence-corrected chi connectivity index (χ1v) is 10.5. The largest absolute Gasteiger partial charge is 0.356 e. The van der Waals surface area contributed by atoms with Crippen LogP contribution in [-0.4, -0.2) is 50.6 Å². The SMILES string of the molecule is CN=C(NCCCc1cnn(C)c1)NCCc1ccc(S(C)(=O)=O)cc1.I. The van der Waals surface area contributed by atoms with E-state index >= 15 is 0 Å². The Kier molecular flexibility index (Phi) is 9.78. The average molecular weight is 505 g/mol. The van der Waals surface area contributed by atoms with E-state index in [2.05, 4.69) is 20.7 Å². The molecule has 7 nitrogen and oxygen atoms in total. The van der Waals surface area contributed by atoms with Crippen molar-refractivity contribution < 1.29 is 8.42 Å². The van der Waals surface area contributed by atoms with E-state index in [0.29, 0.717) is 4.90 Å². The maximum absolute atomic E-state index is 11.5. The fourth-order valence-corrected chi connectivity index (χ4v) is 3.18. The Labute approximate surface area is 178 Å². The number of aryl methyl sites for hydroxylation is 2. The maximum atomic E-state index is 11.5. The lowest BCUT2D eigenvalue weighted by Gasteiger charge is -2.11. The molecule has 1 aromatic heterocycles. The van der Waals surface area contributed by atoms with Gasteiger partial charge >= 0.3 is 0 Å². The third kappa shape index (κ3) is 8.29. The number of rotatable bonds is 8. The lowest BCUT2D eigenvalue weighted by molar-refractivity contribution is 0.602. The van der Waals surface area contributed by atoms with E-state index in [1.165, 1.54) is 11.8 Å². The molecule has 2 rings (SSSR count). The van der Waals surface area contributed by atoms with E-state index in [1.54, 1.807) is 19.2 Å². The smallest absolute Gasteiger partial charge is 0.190 e. The lowest BCUT2D eigenvalue weighted by Crippen LogP contribution is -2.38. The summed E-state index contributed by atoms with van der Waals surface area (Å²) in [7, 11) is 0.527. The first-order chi connectivity index (χ1) is 12.4. The number of guanidine groups is 1. The van der Waals surface area contributed by atoms with E-state index < -0.39 is 9.84 Å². The highest BCUT2D eigenvalue weighted by Crippen LogP contribution is 2.10. The van der Waals surface area contributed by atoms with Gasteiger partial charge < -0.3 is 10.6 Å². The highest BCUT2D eigenvalue weighted by atomic mass is 127. The zero-order valence-electron chi connectivity index (χ0n) is 16.0. The molecule has 0 saturated carbocycles. The zero-order chi connectivity index (χ0) is 19.0. The van der Waals surface area contributed by atoms with Gasteiger partial charge in [0.05, 0.1) is 11.1 Å². The molecule has 1 aromatic carbocycles. The molecule has 0 aliphatic rings. The number of benzene rings is 1. The molecule has 0 saturated heterocycles. The van der Waals surface area contributed by atoms with Crippen LogP contribution in [0.3, 0.4) is 0 Å². The summed E-state index contributed by atoms with van der Waals surface area (Å²) >= 11 is 0. The van der Waals surface area contributed by atoms with Crippen LogP contribution in [0.15, 0.2) is 46.5 Å². The highest BCUT2D eigenvalue weighted by molar-refractivity contribution is 14.0. The summed E-state index contributed by atoms with van der Waals surface area (Å²) in [6.45, 7) is 1.55. The predicted molar refractivity (Wildman–Crippen MR) is 120 cm³/mol. The van der Waals surface area contributed by atoms with Crippen molar-refractivity contribution in [3.05, 3.63) is 47.8 Å². The average Bonchev–Trinajstić information content (AvgIpc) is 3.02. The second-order valence-corrected chi connectivity index (χ2v) is 8.23. The maximum Gasteiger partial charge on any atom is 0.190 e. The van der Waals surface area contributed by atoms with Gasteiger partial charge in [0.15, 0.2) is 15.8 Å². The standard InChI is InChI=1S/C18H27N5O2S.HI/c1-19-18(20-11-4-5-16-13-22-23(2)14-16)21-12-10-15-6-8-17(9-7-15)26(3,24)25;/h6-9,13-14H,4-5,10-12H2,1-3H3,(H2,19,20,21);1H. The Balaban J connectivity index is 0.00000364. The molecule has 1 heterocycles. The molecular formula is C18H28IN5O2S. The number of sulfone groups is 1. The molecule has 0 fully saturated rings. The van der Waals surface area contributed by atoms with Gasteiger partial charge in [-0.15, -0.1) is 24.0 Å². The van der Waals surface area contributed by atoms with Crippen molar-refractivity contribution in [2.24, 2.45) is 12.0 Å². The van der Waals surface area contributed by atoms with Crippen LogP contribution in [0, 0.1) is 0 Å². The molecule has 150 valence electrons. The number of nitrogens with zero attached hydrogens (tertiary/aromatic N) is 3. The minimum absolute atomic E-state index is 0. The molecule has 0 radical (unpaired) electrons. The molecule has 0 aliphatic carbocycles. The summed E-state index contributed by atoms with van der Waals surface area (Å²) in [4.78, 5) is 4.56. The molecule has 0 unspecified atom stereocenters. The van der Waals surface area contributed by atoms with Crippen LogP contribution in [0.5, 0.6) is 0 Å². The quantitative estimate of drug-likeness (QED) is 0.247. The van der Waals surface area contributed by atoms with Gasteiger partial charge in [0.1, 0.15) is 0 Å². The van der Waals surface area contributed by atoms with Crippen molar-refractivity contribution in [3.63, 3.8) is 0 Å². The molecule has 0 atom stereocenters. The summed E-state index contributed by atoms with van der Waals surface area (Å²) in [5, 5.41) is 10.7. The normalized spacial score (nSPS) is 11.7. The van der Waals surface area contributed by atoms with Gasteiger partial charge in [0.25, 0.3) is 0 Å². The van der Waals surface area contributed by atoms with Gasteiger partial charge in [-0.25, -0.2) is 8.42 Å². The van der Waals surface area contributed by atoms with Crippen molar-refractivity contribution in [1.29, 1.82) is 0 Å². The van der Waals surface area contributed by atoms with Gasteiger partial charge in [-0.3, -0.25) is 9.67 Å². The van der Waals surface area contributed by atoms with E-state index in [0.717, 1.165) is 43.9 Å². The molecular weight excluding hydrogens is 477 g/mol. The second kappa shape index (κ2) is 11.3. The van der Waals surface area contributed by atoms with Gasteiger partial charge in [0, 0.05) is 39.6 Å². The first-order valence-electron chi connectivity index (χ1n) is 8.59. The van der Waals surface area contributed by atoms with Crippen molar-refractivity contribution in [2.75, 3.05) is 26.4 Å². The third-order valence-corrected chi connectivity index (χ3v) is 5.10. The summed E-state index contributed by atoms with van der Waals surface area (Å²) < 4.78 is 24.7. The van der Waals surface area contributed by atoms with Crippen molar-refractivity contribution >= 4 is 39.8 Å². The first kappa shape index (κ1) is 23.4. The van der Waals surface area contributed by atoms with Gasteiger partial charge in [-0.2, -0.15) is 5.10 Å². The molecule has 2 N–H and O–H groups in total. The summed E-state index contributed by atoms with van der Waals surface area (Å²) in [5.74, 6) is 0.768. The molecule has 27 heavy (non-hydrogen) atoms. The molecule has 2 aromatic rings. The van der Waals surface area contributed by atoms with E-state index in [9.17, 15) is 8.42 Å². The Morgan fingerprint density at radius 2 is 1.78 bits per heavy atom. The highest BCUT2D eigenvalue weighted by Gasteiger charge is 2.06. The number of aliphatic imine (C=N–C) groups is 1. The fourth-order valence-electron chi connectivity index (χ4n) is 2.55. The van der Waals surface area contributed by atoms with Crippen molar-refractivity contribution in [2.45, 2.75) is 24.2 Å². The molecule has 0 spiro atoms.